The number of aliphatic hydroxyl groups is 2. The number of benzene rings is 1. The first-order chi connectivity index (χ1) is 15.6. The molecule has 1 saturated heterocycles. The molecule has 0 spiro atoms. The fourth-order valence-corrected chi connectivity index (χ4v) is 5.64. The standard InChI is InChI=1S/C28H39NO3/c1-3-4-10-20(2)24(30)15-14-22-25(31)19-26-27(22)23-13-9-12-21(28(23)32-26)11-5-6-16-29-17-7-8-18-29/h9,12-15,20,22,24-27,30-31H,5-8,10-11,16-19H2,1-2H3/t20-,22+,24-,25-,26+,27+/m1/s1. The van der Waals surface area contributed by atoms with Crippen molar-refractivity contribution in [3.8, 4) is 17.6 Å². The average Bonchev–Trinajstić information content (AvgIpc) is 3.50. The molecule has 4 rings (SSSR count). The van der Waals surface area contributed by atoms with E-state index in [1.807, 2.05) is 26.0 Å². The van der Waals surface area contributed by atoms with Gasteiger partial charge < -0.3 is 19.8 Å². The lowest BCUT2D eigenvalue weighted by Gasteiger charge is -2.19. The molecule has 2 heterocycles. The second-order valence-electron chi connectivity index (χ2n) is 9.89. The minimum atomic E-state index is -0.550. The van der Waals surface area contributed by atoms with Crippen molar-refractivity contribution in [1.29, 1.82) is 0 Å². The second-order valence-corrected chi connectivity index (χ2v) is 9.89. The summed E-state index contributed by atoms with van der Waals surface area (Å²) in [4.78, 5) is 2.58. The Morgan fingerprint density at radius 1 is 1.25 bits per heavy atom. The van der Waals surface area contributed by atoms with Crippen LogP contribution in [0.1, 0.15) is 69.4 Å². The Morgan fingerprint density at radius 3 is 2.84 bits per heavy atom. The highest BCUT2D eigenvalue weighted by Crippen LogP contribution is 2.52. The van der Waals surface area contributed by atoms with Gasteiger partial charge in [0.15, 0.2) is 0 Å². The van der Waals surface area contributed by atoms with E-state index in [9.17, 15) is 10.2 Å². The van der Waals surface area contributed by atoms with Crippen LogP contribution in [0.5, 0.6) is 5.75 Å². The van der Waals surface area contributed by atoms with Crippen LogP contribution in [0.2, 0.25) is 0 Å². The van der Waals surface area contributed by atoms with Crippen LogP contribution in [-0.4, -0.2) is 53.1 Å². The first-order valence-corrected chi connectivity index (χ1v) is 12.5. The number of hydrogen-bond donors (Lipinski definition) is 2. The van der Waals surface area contributed by atoms with E-state index in [-0.39, 0.29) is 23.9 Å². The lowest BCUT2D eigenvalue weighted by Crippen LogP contribution is -2.20. The van der Waals surface area contributed by atoms with Gasteiger partial charge in [0.1, 0.15) is 11.9 Å². The van der Waals surface area contributed by atoms with E-state index in [0.717, 1.165) is 12.2 Å². The molecule has 32 heavy (non-hydrogen) atoms. The minimum Gasteiger partial charge on any atom is -0.489 e. The molecule has 0 aromatic heterocycles. The highest BCUT2D eigenvalue weighted by molar-refractivity contribution is 5.49. The van der Waals surface area contributed by atoms with E-state index in [1.54, 1.807) is 0 Å². The fraction of sp³-hybridized carbons (Fsp3) is 0.643. The maximum absolute atomic E-state index is 10.7. The van der Waals surface area contributed by atoms with Crippen LogP contribution in [0, 0.1) is 23.7 Å². The molecule has 2 fully saturated rings. The zero-order valence-electron chi connectivity index (χ0n) is 19.7. The molecule has 1 aromatic carbocycles. The smallest absolute Gasteiger partial charge is 0.126 e. The Hall–Kier alpha value is -1.80. The second kappa shape index (κ2) is 10.9. The molecule has 2 aliphatic heterocycles. The molecular weight excluding hydrogens is 398 g/mol. The van der Waals surface area contributed by atoms with Crippen molar-refractivity contribution in [3.63, 3.8) is 0 Å². The average molecular weight is 438 g/mol. The van der Waals surface area contributed by atoms with Gasteiger partial charge in [0.05, 0.1) is 12.2 Å². The number of para-hydroxylation sites is 1. The summed E-state index contributed by atoms with van der Waals surface area (Å²) in [5.74, 6) is 7.21. The molecule has 3 aliphatic rings. The molecule has 174 valence electrons. The minimum absolute atomic E-state index is 0.0224. The number of fused-ring (bicyclic) bond motifs is 3. The number of nitrogens with zero attached hydrogens (tertiary/aromatic N) is 1. The lowest BCUT2D eigenvalue weighted by atomic mass is 9.86. The molecule has 1 aromatic rings. The summed E-state index contributed by atoms with van der Waals surface area (Å²) in [6.45, 7) is 7.58. The predicted octanol–water partition coefficient (Wildman–Crippen LogP) is 4.30. The van der Waals surface area contributed by atoms with Crippen LogP contribution in [0.25, 0.3) is 0 Å². The zero-order valence-corrected chi connectivity index (χ0v) is 19.7. The summed E-state index contributed by atoms with van der Waals surface area (Å²) in [5, 5.41) is 21.2. The molecule has 6 atom stereocenters. The van der Waals surface area contributed by atoms with Gasteiger partial charge in [0.2, 0.25) is 0 Å². The van der Waals surface area contributed by atoms with Crippen molar-refractivity contribution in [2.24, 2.45) is 11.8 Å². The normalized spacial score (nSPS) is 28.8. The number of hydrogen-bond acceptors (Lipinski definition) is 4. The largest absolute Gasteiger partial charge is 0.489 e. The summed E-state index contributed by atoms with van der Waals surface area (Å²) in [7, 11) is 0. The van der Waals surface area contributed by atoms with Crippen molar-refractivity contribution in [1.82, 2.24) is 4.90 Å². The molecule has 4 nitrogen and oxygen atoms in total. The molecular formula is C28H39NO3. The van der Waals surface area contributed by atoms with Gasteiger partial charge in [-0.15, -0.1) is 11.8 Å². The summed E-state index contributed by atoms with van der Waals surface area (Å²) < 4.78 is 6.42. The van der Waals surface area contributed by atoms with Gasteiger partial charge in [0, 0.05) is 30.2 Å². The predicted molar refractivity (Wildman–Crippen MR) is 129 cm³/mol. The van der Waals surface area contributed by atoms with Gasteiger partial charge in [-0.25, -0.2) is 0 Å². The van der Waals surface area contributed by atoms with Crippen LogP contribution in [-0.2, 0) is 6.42 Å². The third kappa shape index (κ3) is 5.22. The van der Waals surface area contributed by atoms with Gasteiger partial charge in [-0.3, -0.25) is 0 Å². The third-order valence-electron chi connectivity index (χ3n) is 7.57. The van der Waals surface area contributed by atoms with Gasteiger partial charge in [-0.05, 0) is 70.1 Å². The molecule has 0 unspecified atom stereocenters. The van der Waals surface area contributed by atoms with E-state index in [4.69, 9.17) is 4.74 Å². The Labute approximate surface area is 193 Å². The Balaban J connectivity index is 1.40. The van der Waals surface area contributed by atoms with Gasteiger partial charge in [-0.2, -0.15) is 0 Å². The van der Waals surface area contributed by atoms with E-state index in [1.165, 1.54) is 56.4 Å². The number of aryl methyl sites for hydroxylation is 1. The number of aliphatic hydroxyl groups excluding tert-OH is 2. The lowest BCUT2D eigenvalue weighted by molar-refractivity contribution is 0.134. The van der Waals surface area contributed by atoms with Crippen LogP contribution >= 0.6 is 0 Å². The highest BCUT2D eigenvalue weighted by atomic mass is 16.5. The number of ether oxygens (including phenoxy) is 1. The number of rotatable bonds is 9. The molecule has 1 aliphatic carbocycles. The van der Waals surface area contributed by atoms with Crippen molar-refractivity contribution >= 4 is 0 Å². The quantitative estimate of drug-likeness (QED) is 0.344. The summed E-state index contributed by atoms with van der Waals surface area (Å²) in [6.07, 6.45) is 10.4. The van der Waals surface area contributed by atoms with Crippen LogP contribution in [0.4, 0.5) is 0 Å². The fourth-order valence-electron chi connectivity index (χ4n) is 5.64. The van der Waals surface area contributed by atoms with Crippen LogP contribution < -0.4 is 4.74 Å². The van der Waals surface area contributed by atoms with Gasteiger partial charge >= 0.3 is 0 Å². The Bertz CT molecular complexity index is 848. The van der Waals surface area contributed by atoms with E-state index in [2.05, 4.69) is 34.9 Å². The number of likely N-dealkylation sites (tertiary alicyclic amines) is 1. The first kappa shape index (κ1) is 23.4. The van der Waals surface area contributed by atoms with Crippen molar-refractivity contribution in [2.75, 3.05) is 19.6 Å². The molecule has 0 amide bonds. The van der Waals surface area contributed by atoms with E-state index in [0.29, 0.717) is 12.8 Å². The SMILES string of the molecule is CC#CC[C@@H](C)[C@H](O)C=C[C@@H]1[C@H]2c3cccc(CCCCN4CCCC4)c3O[C@H]2C[C@H]1O. The van der Waals surface area contributed by atoms with Gasteiger partial charge in [-0.1, -0.05) is 37.3 Å². The maximum atomic E-state index is 10.7. The zero-order chi connectivity index (χ0) is 22.5. The van der Waals surface area contributed by atoms with Crippen molar-refractivity contribution < 1.29 is 14.9 Å². The summed E-state index contributed by atoms with van der Waals surface area (Å²) >= 11 is 0. The molecule has 1 saturated carbocycles. The molecule has 0 bridgehead atoms. The molecule has 4 heteroatoms. The topological polar surface area (TPSA) is 52.9 Å². The summed E-state index contributed by atoms with van der Waals surface area (Å²) in [6, 6.07) is 6.52. The summed E-state index contributed by atoms with van der Waals surface area (Å²) in [5.41, 5.74) is 2.54. The monoisotopic (exact) mass is 437 g/mol. The van der Waals surface area contributed by atoms with E-state index >= 15 is 0 Å². The Kier molecular flexibility index (Phi) is 7.94. The molecule has 2 N–H and O–H groups in total. The Morgan fingerprint density at radius 2 is 2.06 bits per heavy atom. The van der Waals surface area contributed by atoms with Crippen molar-refractivity contribution in [3.05, 3.63) is 41.5 Å². The van der Waals surface area contributed by atoms with E-state index < -0.39 is 12.2 Å². The van der Waals surface area contributed by atoms with Crippen molar-refractivity contribution in [2.45, 2.75) is 83.0 Å². The van der Waals surface area contributed by atoms with Crippen LogP contribution in [0.15, 0.2) is 30.4 Å². The number of unbranched alkanes of at least 4 members (excludes halogenated alkanes) is 1. The first-order valence-electron chi connectivity index (χ1n) is 12.5. The van der Waals surface area contributed by atoms with Gasteiger partial charge in [0.25, 0.3) is 0 Å². The molecule has 0 radical (unpaired) electrons. The highest BCUT2D eigenvalue weighted by Gasteiger charge is 2.48. The third-order valence-corrected chi connectivity index (χ3v) is 7.57. The van der Waals surface area contributed by atoms with Crippen LogP contribution in [0.3, 0.4) is 0 Å². The maximum Gasteiger partial charge on any atom is 0.126 e.